The summed E-state index contributed by atoms with van der Waals surface area (Å²) in [6.45, 7) is 0.0675. The average Bonchev–Trinajstić information content (AvgIpc) is 1.65. The van der Waals surface area contributed by atoms with Crippen molar-refractivity contribution >= 4 is 0 Å². The normalized spacial score (nSPS) is 14.6. The minimum Gasteiger partial charge on any atom is -0.394 e. The van der Waals surface area contributed by atoms with Gasteiger partial charge in [-0.25, -0.2) is 5.01 Å². The van der Waals surface area contributed by atoms with Crippen molar-refractivity contribution < 1.29 is 10.2 Å². The zero-order chi connectivity index (χ0) is 6.57. The van der Waals surface area contributed by atoms with Gasteiger partial charge in [-0.2, -0.15) is 0 Å². The summed E-state index contributed by atoms with van der Waals surface area (Å²) < 4.78 is 0. The molecule has 0 aliphatic heterocycles. The predicted molar refractivity (Wildman–Crippen MR) is 29.9 cm³/mol. The van der Waals surface area contributed by atoms with Crippen LogP contribution < -0.4 is 5.84 Å². The van der Waals surface area contributed by atoms with Crippen LogP contribution in [-0.4, -0.2) is 41.5 Å². The number of rotatable bonds is 3. The molecule has 50 valence electrons. The fourth-order valence-electron chi connectivity index (χ4n) is 0.390. The van der Waals surface area contributed by atoms with E-state index in [1.54, 1.807) is 7.05 Å². The number of hydrogen-bond acceptors (Lipinski definition) is 4. The highest BCUT2D eigenvalue weighted by Gasteiger charge is 2.01. The topological polar surface area (TPSA) is 69.7 Å². The first-order chi connectivity index (χ1) is 3.66. The highest BCUT2D eigenvalue weighted by atomic mass is 16.3. The van der Waals surface area contributed by atoms with E-state index in [2.05, 4.69) is 0 Å². The number of nitrogens with zero attached hydrogens (tertiary/aromatic N) is 1. The Hall–Kier alpha value is -0.160. The maximum Gasteiger partial charge on any atom is 0.0911 e. The molecule has 0 amide bonds. The second kappa shape index (κ2) is 3.80. The van der Waals surface area contributed by atoms with Crippen molar-refractivity contribution in [3.05, 3.63) is 0 Å². The molecule has 4 N–H and O–H groups in total. The zero-order valence-electron chi connectivity index (χ0n) is 4.91. The Morgan fingerprint density at radius 1 is 1.75 bits per heavy atom. The van der Waals surface area contributed by atoms with E-state index in [-0.39, 0.29) is 6.61 Å². The first-order valence-corrected chi connectivity index (χ1v) is 2.41. The number of nitrogens with two attached hydrogens (primary N) is 1. The van der Waals surface area contributed by atoms with Crippen LogP contribution in [0.3, 0.4) is 0 Å². The van der Waals surface area contributed by atoms with E-state index >= 15 is 0 Å². The molecule has 0 bridgehead atoms. The largest absolute Gasteiger partial charge is 0.394 e. The van der Waals surface area contributed by atoms with Gasteiger partial charge in [-0.3, -0.25) is 5.84 Å². The summed E-state index contributed by atoms with van der Waals surface area (Å²) in [5.41, 5.74) is 0. The molecule has 0 spiro atoms. The number of aliphatic hydroxyl groups excluding tert-OH is 2. The fourth-order valence-corrected chi connectivity index (χ4v) is 0.390. The molecule has 0 radical (unpaired) electrons. The minimum absolute atomic E-state index is 0.235. The van der Waals surface area contributed by atoms with Gasteiger partial charge >= 0.3 is 0 Å². The molecule has 4 heteroatoms. The third-order valence-electron chi connectivity index (χ3n) is 0.709. The first-order valence-electron chi connectivity index (χ1n) is 2.41. The van der Waals surface area contributed by atoms with Gasteiger partial charge in [0, 0.05) is 13.6 Å². The molecule has 0 aromatic carbocycles. The third kappa shape index (κ3) is 4.01. The van der Waals surface area contributed by atoms with Crippen LogP contribution in [0.15, 0.2) is 0 Å². The molecule has 0 fully saturated rings. The average molecular weight is 120 g/mol. The van der Waals surface area contributed by atoms with Gasteiger partial charge in [-0.15, -0.1) is 0 Å². The van der Waals surface area contributed by atoms with Crippen LogP contribution in [0.5, 0.6) is 0 Å². The van der Waals surface area contributed by atoms with Gasteiger partial charge in [0.25, 0.3) is 0 Å². The summed E-state index contributed by atoms with van der Waals surface area (Å²) in [5, 5.41) is 18.2. The Labute approximate surface area is 48.5 Å². The molecule has 0 unspecified atom stereocenters. The smallest absolute Gasteiger partial charge is 0.0911 e. The van der Waals surface area contributed by atoms with Gasteiger partial charge in [-0.05, 0) is 0 Å². The number of likely N-dealkylation sites (N-methyl/N-ethyl adjacent to an activating group) is 1. The summed E-state index contributed by atoms with van der Waals surface area (Å²) >= 11 is 0. The Kier molecular flexibility index (Phi) is 3.72. The first kappa shape index (κ1) is 7.84. The van der Waals surface area contributed by atoms with Crippen LogP contribution in [0.1, 0.15) is 0 Å². The van der Waals surface area contributed by atoms with Crippen molar-refractivity contribution in [3.63, 3.8) is 0 Å². The lowest BCUT2D eigenvalue weighted by atomic mass is 10.4. The minimum atomic E-state index is -0.718. The highest BCUT2D eigenvalue weighted by molar-refractivity contribution is 4.52. The van der Waals surface area contributed by atoms with E-state index in [1.165, 1.54) is 5.01 Å². The highest BCUT2D eigenvalue weighted by Crippen LogP contribution is 1.79. The lowest BCUT2D eigenvalue weighted by molar-refractivity contribution is 0.0667. The van der Waals surface area contributed by atoms with E-state index in [4.69, 9.17) is 16.1 Å². The lowest BCUT2D eigenvalue weighted by Gasteiger charge is -2.12. The van der Waals surface area contributed by atoms with Gasteiger partial charge in [0.1, 0.15) is 0 Å². The number of hydrazine groups is 1. The second-order valence-corrected chi connectivity index (χ2v) is 1.78. The van der Waals surface area contributed by atoms with Crippen LogP contribution in [-0.2, 0) is 0 Å². The van der Waals surface area contributed by atoms with Crippen LogP contribution in [0.2, 0.25) is 0 Å². The molecule has 0 aromatic rings. The van der Waals surface area contributed by atoms with Gasteiger partial charge in [0.05, 0.1) is 12.7 Å². The van der Waals surface area contributed by atoms with E-state index in [1.807, 2.05) is 0 Å². The molecule has 0 saturated carbocycles. The van der Waals surface area contributed by atoms with Gasteiger partial charge < -0.3 is 10.2 Å². The summed E-state index contributed by atoms with van der Waals surface area (Å²) in [6, 6.07) is 0. The lowest BCUT2D eigenvalue weighted by Crippen LogP contribution is -2.35. The van der Waals surface area contributed by atoms with Crippen molar-refractivity contribution in [1.82, 2.24) is 5.01 Å². The second-order valence-electron chi connectivity index (χ2n) is 1.78. The number of hydrogen-bond donors (Lipinski definition) is 3. The Balaban J connectivity index is 3.10. The van der Waals surface area contributed by atoms with Crippen molar-refractivity contribution in [2.24, 2.45) is 5.84 Å². The van der Waals surface area contributed by atoms with Gasteiger partial charge in [0.15, 0.2) is 0 Å². The molecule has 8 heavy (non-hydrogen) atoms. The van der Waals surface area contributed by atoms with E-state index in [0.717, 1.165) is 0 Å². The van der Waals surface area contributed by atoms with Crippen LogP contribution in [0, 0.1) is 0 Å². The molecule has 0 aromatic heterocycles. The molecule has 1 atom stereocenters. The Bertz CT molecular complexity index is 58.0. The van der Waals surface area contributed by atoms with E-state index < -0.39 is 6.10 Å². The SMILES string of the molecule is CN(N)C[C@H](O)CO. The molecule has 0 heterocycles. The van der Waals surface area contributed by atoms with Crippen LogP contribution in [0.4, 0.5) is 0 Å². The summed E-state index contributed by atoms with van der Waals surface area (Å²) in [4.78, 5) is 0. The van der Waals surface area contributed by atoms with Gasteiger partial charge in [0.2, 0.25) is 0 Å². The third-order valence-corrected chi connectivity index (χ3v) is 0.709. The van der Waals surface area contributed by atoms with Crippen molar-refractivity contribution in [2.45, 2.75) is 6.10 Å². The van der Waals surface area contributed by atoms with E-state index in [9.17, 15) is 0 Å². The summed E-state index contributed by atoms with van der Waals surface area (Å²) in [6.07, 6.45) is -0.718. The monoisotopic (exact) mass is 120 g/mol. The quantitative estimate of drug-likeness (QED) is 0.302. The predicted octanol–water partition coefficient (Wildman–Crippen LogP) is -1.85. The van der Waals surface area contributed by atoms with Crippen molar-refractivity contribution in [1.29, 1.82) is 0 Å². The van der Waals surface area contributed by atoms with Crippen molar-refractivity contribution in [2.75, 3.05) is 20.2 Å². The fraction of sp³-hybridized carbons (Fsp3) is 1.00. The molecule has 0 rings (SSSR count). The summed E-state index contributed by atoms with van der Waals surface area (Å²) in [7, 11) is 1.62. The van der Waals surface area contributed by atoms with Gasteiger partial charge in [-0.1, -0.05) is 0 Å². The molecular formula is C4H12N2O2. The Morgan fingerprint density at radius 3 is 2.38 bits per heavy atom. The maximum atomic E-state index is 8.66. The molecule has 0 aliphatic rings. The van der Waals surface area contributed by atoms with Crippen molar-refractivity contribution in [3.8, 4) is 0 Å². The number of aliphatic hydroxyl groups is 2. The Morgan fingerprint density at radius 2 is 2.25 bits per heavy atom. The standard InChI is InChI=1S/C4H12N2O2/c1-6(5)2-4(8)3-7/h4,7-8H,2-3,5H2,1H3/t4-/m0/s1. The zero-order valence-corrected chi connectivity index (χ0v) is 4.91. The summed E-state index contributed by atoms with van der Waals surface area (Å²) in [5.74, 6) is 5.13. The molecule has 0 aliphatic carbocycles. The van der Waals surface area contributed by atoms with Crippen LogP contribution >= 0.6 is 0 Å². The van der Waals surface area contributed by atoms with E-state index in [0.29, 0.717) is 6.54 Å². The van der Waals surface area contributed by atoms with Crippen LogP contribution in [0.25, 0.3) is 0 Å². The molecule has 4 nitrogen and oxygen atoms in total. The molecular weight excluding hydrogens is 108 g/mol. The maximum absolute atomic E-state index is 8.66. The molecule has 0 saturated heterocycles.